The Morgan fingerprint density at radius 2 is 1.77 bits per heavy atom. The highest BCUT2D eigenvalue weighted by Gasteiger charge is 2.05. The molecule has 1 nitrogen and oxygen atoms in total. The van der Waals surface area contributed by atoms with Gasteiger partial charge in [0.2, 0.25) is 0 Å². The van der Waals surface area contributed by atoms with E-state index < -0.39 is 4.30 Å². The number of hydrogen-bond acceptors (Lipinski definition) is 1. The van der Waals surface area contributed by atoms with Crippen LogP contribution in [0.25, 0.3) is 0 Å². The minimum atomic E-state index is -0.750. The van der Waals surface area contributed by atoms with E-state index in [0.29, 0.717) is 0 Å². The summed E-state index contributed by atoms with van der Waals surface area (Å²) >= 11 is 14.4. The van der Waals surface area contributed by atoms with Gasteiger partial charge in [0.05, 0.1) is 0 Å². The molecule has 1 aromatic carbocycles. The first-order valence-corrected chi connectivity index (χ1v) is 5.25. The Morgan fingerprint density at radius 3 is 2.38 bits per heavy atom. The maximum absolute atomic E-state index is 4.81. The summed E-state index contributed by atoms with van der Waals surface area (Å²) in [7, 11) is 0. The third-order valence-corrected chi connectivity index (χ3v) is 1.73. The summed E-state index contributed by atoms with van der Waals surface area (Å²) in [6.07, 6.45) is 1.19. The van der Waals surface area contributed by atoms with Crippen LogP contribution in [0.15, 0.2) is 24.3 Å². The molecular weight excluding hydrogens is 228 g/mol. The van der Waals surface area contributed by atoms with Gasteiger partial charge in [-0.25, -0.2) is 0 Å². The molecule has 0 saturated carbocycles. The number of benzene rings is 1. The van der Waals surface area contributed by atoms with Crippen LogP contribution in [-0.4, -0.2) is 10.8 Å². The summed E-state index contributed by atoms with van der Waals surface area (Å²) in [5, 5.41) is 3.30. The van der Waals surface area contributed by atoms with Gasteiger partial charge >= 0.3 is 0 Å². The Kier molecular flexibility index (Phi) is 4.71. The summed E-state index contributed by atoms with van der Waals surface area (Å²) in [6.45, 7) is 1.11. The first-order chi connectivity index (χ1) is 6.20. The van der Waals surface area contributed by atoms with Crippen molar-refractivity contribution in [2.24, 2.45) is 0 Å². The van der Waals surface area contributed by atoms with Crippen molar-refractivity contribution in [1.82, 2.24) is 0 Å². The highest BCUT2D eigenvalue weighted by atomic mass is 35.6. The van der Waals surface area contributed by atoms with Crippen LogP contribution in [0.4, 0.5) is 5.69 Å². The molecule has 1 heterocycles. The van der Waals surface area contributed by atoms with Gasteiger partial charge in [-0.15, -0.1) is 0 Å². The Bertz CT molecular complexity index is 237. The molecule has 0 bridgehead atoms. The van der Waals surface area contributed by atoms with Crippen LogP contribution < -0.4 is 5.32 Å². The standard InChI is InChI=1S/C8H9N.CHCl3/c1-2-4-8-7(3-1)5-6-9-8;2-1(3)4/h1-4,9H,5-6H2;1H. The molecule has 0 aliphatic carbocycles. The predicted octanol–water partition coefficient (Wildman–Crippen LogP) is 3.64. The van der Waals surface area contributed by atoms with Gasteiger partial charge in [-0.05, 0) is 18.1 Å². The zero-order valence-corrected chi connectivity index (χ0v) is 9.20. The van der Waals surface area contributed by atoms with Crippen molar-refractivity contribution >= 4 is 40.5 Å². The van der Waals surface area contributed by atoms with Crippen molar-refractivity contribution in [2.45, 2.75) is 10.7 Å². The lowest BCUT2D eigenvalue weighted by Gasteiger charge is -1.94. The summed E-state index contributed by atoms with van der Waals surface area (Å²) in [4.78, 5) is 0. The van der Waals surface area contributed by atoms with E-state index in [2.05, 4.69) is 29.6 Å². The van der Waals surface area contributed by atoms with Gasteiger partial charge in [0.15, 0.2) is 4.30 Å². The fourth-order valence-electron chi connectivity index (χ4n) is 1.24. The summed E-state index contributed by atoms with van der Waals surface area (Å²) in [6, 6.07) is 8.46. The zero-order valence-electron chi connectivity index (χ0n) is 6.93. The van der Waals surface area contributed by atoms with Crippen molar-refractivity contribution in [3.63, 3.8) is 0 Å². The molecular formula is C9H10Cl3N. The second-order valence-electron chi connectivity index (χ2n) is 2.58. The molecule has 2 rings (SSSR count). The molecule has 13 heavy (non-hydrogen) atoms. The lowest BCUT2D eigenvalue weighted by Crippen LogP contribution is -1.90. The van der Waals surface area contributed by atoms with E-state index >= 15 is 0 Å². The normalized spacial score (nSPS) is 12.9. The molecule has 0 aromatic heterocycles. The van der Waals surface area contributed by atoms with Crippen LogP contribution in [0.5, 0.6) is 0 Å². The summed E-state index contributed by atoms with van der Waals surface area (Å²) in [5.74, 6) is 0. The molecule has 1 N–H and O–H groups in total. The first kappa shape index (κ1) is 11.0. The highest BCUT2D eigenvalue weighted by Crippen LogP contribution is 2.19. The van der Waals surface area contributed by atoms with E-state index in [4.69, 9.17) is 34.8 Å². The second kappa shape index (κ2) is 5.58. The van der Waals surface area contributed by atoms with Crippen LogP contribution in [-0.2, 0) is 6.42 Å². The van der Waals surface area contributed by atoms with E-state index in [0.717, 1.165) is 6.54 Å². The molecule has 0 fully saturated rings. The monoisotopic (exact) mass is 237 g/mol. The Labute approximate surface area is 93.0 Å². The van der Waals surface area contributed by atoms with Crippen LogP contribution in [0.1, 0.15) is 5.56 Å². The van der Waals surface area contributed by atoms with Crippen LogP contribution in [0, 0.1) is 0 Å². The maximum Gasteiger partial charge on any atom is 0.180 e. The molecule has 0 radical (unpaired) electrons. The average molecular weight is 239 g/mol. The number of anilines is 1. The van der Waals surface area contributed by atoms with Gasteiger partial charge < -0.3 is 5.32 Å². The van der Waals surface area contributed by atoms with Gasteiger partial charge in [-0.1, -0.05) is 53.0 Å². The molecule has 0 unspecified atom stereocenters. The van der Waals surface area contributed by atoms with Crippen molar-refractivity contribution in [3.05, 3.63) is 29.8 Å². The quantitative estimate of drug-likeness (QED) is 0.681. The van der Waals surface area contributed by atoms with Gasteiger partial charge in [-0.2, -0.15) is 0 Å². The largest absolute Gasteiger partial charge is 0.384 e. The van der Waals surface area contributed by atoms with E-state index in [-0.39, 0.29) is 0 Å². The molecule has 0 atom stereocenters. The molecule has 1 aliphatic heterocycles. The number of alkyl halides is 3. The van der Waals surface area contributed by atoms with Gasteiger partial charge in [-0.3, -0.25) is 0 Å². The fraction of sp³-hybridized carbons (Fsp3) is 0.333. The van der Waals surface area contributed by atoms with Gasteiger partial charge in [0.1, 0.15) is 0 Å². The van der Waals surface area contributed by atoms with E-state index in [1.807, 2.05) is 0 Å². The smallest absolute Gasteiger partial charge is 0.180 e. The predicted molar refractivity (Wildman–Crippen MR) is 60.0 cm³/mol. The van der Waals surface area contributed by atoms with E-state index in [1.54, 1.807) is 0 Å². The third kappa shape index (κ3) is 4.08. The Morgan fingerprint density at radius 1 is 1.15 bits per heavy atom. The van der Waals surface area contributed by atoms with Crippen LogP contribution in [0.3, 0.4) is 0 Å². The number of halogens is 3. The SMILES string of the molecule is ClC(Cl)Cl.c1ccc2c(c1)CCN2. The first-order valence-electron chi connectivity index (χ1n) is 3.94. The molecule has 0 amide bonds. The molecule has 0 saturated heterocycles. The Balaban J connectivity index is 0.000000184. The number of rotatable bonds is 0. The minimum absolute atomic E-state index is 0.750. The topological polar surface area (TPSA) is 12.0 Å². The van der Waals surface area contributed by atoms with Crippen molar-refractivity contribution in [3.8, 4) is 0 Å². The van der Waals surface area contributed by atoms with Crippen molar-refractivity contribution in [2.75, 3.05) is 11.9 Å². The Hall–Kier alpha value is -0.110. The second-order valence-corrected chi connectivity index (χ2v) is 4.56. The average Bonchev–Trinajstić information content (AvgIpc) is 2.49. The number of nitrogens with one attached hydrogen (secondary N) is 1. The molecule has 4 heteroatoms. The van der Waals surface area contributed by atoms with E-state index in [1.165, 1.54) is 17.7 Å². The number of hydrogen-bond donors (Lipinski definition) is 1. The van der Waals surface area contributed by atoms with Crippen LogP contribution in [0.2, 0.25) is 0 Å². The molecule has 1 aliphatic rings. The summed E-state index contributed by atoms with van der Waals surface area (Å²) in [5.41, 5.74) is 2.77. The number of para-hydroxylation sites is 1. The lowest BCUT2D eigenvalue weighted by atomic mass is 10.2. The zero-order chi connectivity index (χ0) is 9.68. The lowest BCUT2D eigenvalue weighted by molar-refractivity contribution is 1.11. The van der Waals surface area contributed by atoms with Gasteiger partial charge in [0, 0.05) is 12.2 Å². The molecule has 0 spiro atoms. The third-order valence-electron chi connectivity index (χ3n) is 1.73. The summed E-state index contributed by atoms with van der Waals surface area (Å²) < 4.78 is -0.750. The van der Waals surface area contributed by atoms with Crippen molar-refractivity contribution in [1.29, 1.82) is 0 Å². The number of fused-ring (bicyclic) bond motifs is 1. The molecule has 1 aromatic rings. The van der Waals surface area contributed by atoms with E-state index in [9.17, 15) is 0 Å². The maximum atomic E-state index is 4.81. The fourth-order valence-corrected chi connectivity index (χ4v) is 1.24. The van der Waals surface area contributed by atoms with Gasteiger partial charge in [0.25, 0.3) is 0 Å². The highest BCUT2D eigenvalue weighted by molar-refractivity contribution is 6.63. The minimum Gasteiger partial charge on any atom is -0.384 e. The van der Waals surface area contributed by atoms with Crippen LogP contribution >= 0.6 is 34.8 Å². The van der Waals surface area contributed by atoms with Crippen molar-refractivity contribution < 1.29 is 0 Å². The molecule has 72 valence electrons.